The molecule has 0 aliphatic rings. The summed E-state index contributed by atoms with van der Waals surface area (Å²) in [5.74, 6) is 0.137. The predicted octanol–water partition coefficient (Wildman–Crippen LogP) is 23.7. The van der Waals surface area contributed by atoms with Crippen LogP contribution in [0.3, 0.4) is 0 Å². The fourth-order valence-corrected chi connectivity index (χ4v) is 13.9. The maximum atomic E-state index is 13.1. The molecular formula is C80H156O17P2. The van der Waals surface area contributed by atoms with Crippen LogP contribution in [-0.2, 0) is 65.4 Å². The number of aliphatic hydroxyl groups is 1. The van der Waals surface area contributed by atoms with Crippen molar-refractivity contribution in [3.63, 3.8) is 0 Å². The quantitative estimate of drug-likeness (QED) is 0.0222. The van der Waals surface area contributed by atoms with Gasteiger partial charge in [0, 0.05) is 25.7 Å². The fourth-order valence-electron chi connectivity index (χ4n) is 12.3. The molecule has 0 aromatic rings. The standard InChI is InChI=1S/C80H156O17P2/c1-8-9-10-11-12-13-14-15-16-17-18-19-20-21-22-23-26-34-42-49-56-63-79(84)96-75(67-90-77(82)61-54-47-40-33-27-24-25-30-37-44-51-58-71(2)3)69-94-98(86,87)92-65-74(81)66-93-99(88,89)95-70-76(97-80(85)64-57-50-43-36-29-32-39-46-53-60-73(6)7)68-91-78(83)62-55-48-41-35-28-31-38-45-52-59-72(4)5/h71-76,81H,8-70H2,1-7H3,(H,86,87)(H,88,89)/t74-,75-,76-/m1/s1. The minimum atomic E-state index is -4.96. The van der Waals surface area contributed by atoms with E-state index in [0.717, 1.165) is 108 Å². The SMILES string of the molecule is CCCCCCCCCCCCCCCCCCCCCCCC(=O)O[C@H](COC(=O)CCCCCCCCCCCCCC(C)C)COP(=O)(O)OC[C@@H](O)COP(=O)(O)OC[C@@H](COC(=O)CCCCCCCCCCCC(C)C)OC(=O)CCCCCCCCCCCC(C)C. The number of phosphoric ester groups is 2. The number of unbranched alkanes of at least 4 members (excludes halogenated alkanes) is 46. The molecule has 0 saturated carbocycles. The Hall–Kier alpha value is -1.94. The summed E-state index contributed by atoms with van der Waals surface area (Å²) in [6.07, 6.45) is 58.4. The molecule has 5 atom stereocenters. The van der Waals surface area contributed by atoms with Gasteiger partial charge in [-0.25, -0.2) is 9.13 Å². The van der Waals surface area contributed by atoms with Crippen molar-refractivity contribution < 1.29 is 80.2 Å². The molecule has 0 aromatic heterocycles. The van der Waals surface area contributed by atoms with Gasteiger partial charge in [-0.05, 0) is 43.4 Å². The highest BCUT2D eigenvalue weighted by atomic mass is 31.2. The number of hydrogen-bond donors (Lipinski definition) is 3. The monoisotopic (exact) mass is 1450 g/mol. The third-order valence-corrected chi connectivity index (χ3v) is 20.5. The van der Waals surface area contributed by atoms with Crippen LogP contribution in [0.4, 0.5) is 0 Å². The van der Waals surface area contributed by atoms with Crippen LogP contribution in [0, 0.1) is 17.8 Å². The van der Waals surface area contributed by atoms with Gasteiger partial charge in [0.25, 0.3) is 0 Å². The molecule has 0 saturated heterocycles. The van der Waals surface area contributed by atoms with E-state index in [1.165, 1.54) is 225 Å². The molecule has 0 bridgehead atoms. The Bertz CT molecular complexity index is 1920. The molecule has 0 aliphatic heterocycles. The minimum absolute atomic E-state index is 0.105. The van der Waals surface area contributed by atoms with Crippen LogP contribution in [0.2, 0.25) is 0 Å². The van der Waals surface area contributed by atoms with E-state index in [2.05, 4.69) is 48.5 Å². The Kier molecular flexibility index (Phi) is 69.0. The number of ether oxygens (including phenoxy) is 4. The maximum Gasteiger partial charge on any atom is 0.472 e. The topological polar surface area (TPSA) is 237 Å². The zero-order valence-electron chi connectivity index (χ0n) is 65.0. The van der Waals surface area contributed by atoms with Crippen molar-refractivity contribution in [3.8, 4) is 0 Å². The van der Waals surface area contributed by atoms with Crippen molar-refractivity contribution in [2.45, 2.75) is 433 Å². The minimum Gasteiger partial charge on any atom is -0.462 e. The summed E-state index contributed by atoms with van der Waals surface area (Å²) < 4.78 is 68.7. The Morgan fingerprint density at radius 2 is 0.465 bits per heavy atom. The highest BCUT2D eigenvalue weighted by Crippen LogP contribution is 2.45. The van der Waals surface area contributed by atoms with Crippen molar-refractivity contribution in [1.82, 2.24) is 0 Å². The molecule has 0 rings (SSSR count). The van der Waals surface area contributed by atoms with Gasteiger partial charge in [-0.1, -0.05) is 363 Å². The molecule has 0 spiro atoms. The second kappa shape index (κ2) is 70.4. The average molecular weight is 1450 g/mol. The number of carbonyl (C=O) groups excluding carboxylic acids is 4. The first kappa shape index (κ1) is 97.1. The summed E-state index contributed by atoms with van der Waals surface area (Å²) >= 11 is 0. The van der Waals surface area contributed by atoms with Gasteiger partial charge in [0.05, 0.1) is 26.4 Å². The summed E-state index contributed by atoms with van der Waals surface area (Å²) in [4.78, 5) is 73.0. The summed E-state index contributed by atoms with van der Waals surface area (Å²) in [6, 6.07) is 0. The molecule has 0 aliphatic carbocycles. The molecule has 99 heavy (non-hydrogen) atoms. The van der Waals surface area contributed by atoms with Crippen molar-refractivity contribution in [2.24, 2.45) is 17.8 Å². The molecule has 0 aromatic carbocycles. The third kappa shape index (κ3) is 74.1. The summed E-state index contributed by atoms with van der Waals surface area (Å²) in [5, 5.41) is 10.6. The summed E-state index contributed by atoms with van der Waals surface area (Å²) in [5.41, 5.74) is 0. The van der Waals surface area contributed by atoms with Crippen LogP contribution in [0.25, 0.3) is 0 Å². The zero-order chi connectivity index (χ0) is 73.0. The van der Waals surface area contributed by atoms with E-state index in [4.69, 9.17) is 37.0 Å². The molecule has 17 nitrogen and oxygen atoms in total. The van der Waals surface area contributed by atoms with Crippen LogP contribution < -0.4 is 0 Å². The van der Waals surface area contributed by atoms with Crippen molar-refractivity contribution in [1.29, 1.82) is 0 Å². The van der Waals surface area contributed by atoms with Gasteiger partial charge < -0.3 is 33.8 Å². The normalized spacial score (nSPS) is 14.0. The van der Waals surface area contributed by atoms with Crippen molar-refractivity contribution in [2.75, 3.05) is 39.6 Å². The van der Waals surface area contributed by atoms with Gasteiger partial charge in [-0.2, -0.15) is 0 Å². The third-order valence-electron chi connectivity index (χ3n) is 18.6. The van der Waals surface area contributed by atoms with Gasteiger partial charge in [0.2, 0.25) is 0 Å². The predicted molar refractivity (Wildman–Crippen MR) is 405 cm³/mol. The molecule has 3 N–H and O–H groups in total. The Balaban J connectivity index is 5.22. The van der Waals surface area contributed by atoms with Crippen LogP contribution in [0.1, 0.15) is 414 Å². The van der Waals surface area contributed by atoms with E-state index in [1.54, 1.807) is 0 Å². The van der Waals surface area contributed by atoms with Crippen LogP contribution >= 0.6 is 15.6 Å². The highest BCUT2D eigenvalue weighted by molar-refractivity contribution is 7.47. The van der Waals surface area contributed by atoms with E-state index < -0.39 is 97.5 Å². The number of hydrogen-bond acceptors (Lipinski definition) is 15. The lowest BCUT2D eigenvalue weighted by Gasteiger charge is -2.21. The molecular weight excluding hydrogens is 1290 g/mol. The smallest absolute Gasteiger partial charge is 0.462 e. The van der Waals surface area contributed by atoms with Crippen LogP contribution in [-0.4, -0.2) is 96.7 Å². The lowest BCUT2D eigenvalue weighted by atomic mass is 10.0. The van der Waals surface area contributed by atoms with Gasteiger partial charge in [-0.15, -0.1) is 0 Å². The van der Waals surface area contributed by atoms with Gasteiger partial charge >= 0.3 is 39.5 Å². The lowest BCUT2D eigenvalue weighted by molar-refractivity contribution is -0.161. The van der Waals surface area contributed by atoms with E-state index >= 15 is 0 Å². The van der Waals surface area contributed by atoms with Crippen molar-refractivity contribution in [3.05, 3.63) is 0 Å². The molecule has 0 amide bonds. The van der Waals surface area contributed by atoms with Crippen molar-refractivity contribution >= 4 is 39.5 Å². The molecule has 0 heterocycles. The first-order valence-corrected chi connectivity index (χ1v) is 44.3. The number of esters is 4. The van der Waals surface area contributed by atoms with E-state index in [0.29, 0.717) is 25.7 Å². The maximum absolute atomic E-state index is 13.1. The summed E-state index contributed by atoms with van der Waals surface area (Å²) in [6.45, 7) is 11.9. The zero-order valence-corrected chi connectivity index (χ0v) is 66.8. The van der Waals surface area contributed by atoms with Crippen LogP contribution in [0.15, 0.2) is 0 Å². The summed E-state index contributed by atoms with van der Waals surface area (Å²) in [7, 11) is -9.92. The Morgan fingerprint density at radius 3 is 0.687 bits per heavy atom. The molecule has 2 unspecified atom stereocenters. The molecule has 0 radical (unpaired) electrons. The number of rotatable bonds is 78. The first-order valence-electron chi connectivity index (χ1n) is 41.3. The lowest BCUT2D eigenvalue weighted by Crippen LogP contribution is -2.30. The van der Waals surface area contributed by atoms with E-state index in [1.807, 2.05) is 0 Å². The first-order chi connectivity index (χ1) is 47.7. The number of aliphatic hydroxyl groups excluding tert-OH is 1. The van der Waals surface area contributed by atoms with Gasteiger partial charge in [0.1, 0.15) is 19.3 Å². The molecule has 19 heteroatoms. The highest BCUT2D eigenvalue weighted by Gasteiger charge is 2.30. The average Bonchev–Trinajstić information content (AvgIpc) is 1.43. The van der Waals surface area contributed by atoms with E-state index in [-0.39, 0.29) is 25.7 Å². The van der Waals surface area contributed by atoms with Gasteiger partial charge in [0.15, 0.2) is 12.2 Å². The molecule has 0 fully saturated rings. The second-order valence-electron chi connectivity index (χ2n) is 30.2. The second-order valence-corrected chi connectivity index (χ2v) is 33.1. The van der Waals surface area contributed by atoms with Crippen LogP contribution in [0.5, 0.6) is 0 Å². The van der Waals surface area contributed by atoms with Gasteiger partial charge in [-0.3, -0.25) is 37.3 Å². The Labute approximate surface area is 607 Å². The fraction of sp³-hybridized carbons (Fsp3) is 0.950. The molecule has 588 valence electrons. The van der Waals surface area contributed by atoms with E-state index in [9.17, 15) is 43.2 Å². The number of carbonyl (C=O) groups is 4. The number of phosphoric acid groups is 2. The Morgan fingerprint density at radius 1 is 0.273 bits per heavy atom. The largest absolute Gasteiger partial charge is 0.472 e.